The van der Waals surface area contributed by atoms with Crippen molar-refractivity contribution < 1.29 is 4.79 Å². The summed E-state index contributed by atoms with van der Waals surface area (Å²) in [5.41, 5.74) is 10.8. The van der Waals surface area contributed by atoms with Gasteiger partial charge in [0.2, 0.25) is 0 Å². The van der Waals surface area contributed by atoms with Crippen LogP contribution in [-0.4, -0.2) is 5.91 Å². The van der Waals surface area contributed by atoms with Crippen LogP contribution in [0.4, 0.5) is 11.4 Å². The molecule has 2 aromatic carbocycles. The zero-order valence-electron chi connectivity index (χ0n) is 11.8. The number of nitrogens with one attached hydrogen (secondary N) is 1. The molecule has 0 aliphatic rings. The van der Waals surface area contributed by atoms with E-state index in [1.165, 1.54) is 0 Å². The van der Waals surface area contributed by atoms with Gasteiger partial charge in [0.05, 0.1) is 11.3 Å². The molecule has 1 amide bonds. The second-order valence-corrected chi connectivity index (χ2v) is 5.78. The predicted octanol–water partition coefficient (Wildman–Crippen LogP) is 4.21. The lowest BCUT2D eigenvalue weighted by Crippen LogP contribution is -2.15. The van der Waals surface area contributed by atoms with Gasteiger partial charge in [0.15, 0.2) is 0 Å². The van der Waals surface area contributed by atoms with Crippen molar-refractivity contribution in [1.82, 2.24) is 0 Å². The molecule has 0 aliphatic heterocycles. The number of hydrogen-bond acceptors (Lipinski definition) is 2. The van der Waals surface area contributed by atoms with E-state index >= 15 is 0 Å². The summed E-state index contributed by atoms with van der Waals surface area (Å²) in [5, 5.41) is 2.92. The summed E-state index contributed by atoms with van der Waals surface area (Å²) in [6.07, 6.45) is 0. The maximum absolute atomic E-state index is 12.4. The van der Waals surface area contributed by atoms with Gasteiger partial charge in [-0.05, 0) is 65.5 Å². The molecule has 0 bridgehead atoms. The molecule has 0 fully saturated rings. The van der Waals surface area contributed by atoms with E-state index in [9.17, 15) is 4.79 Å². The van der Waals surface area contributed by atoms with Crippen molar-refractivity contribution >= 4 is 33.2 Å². The van der Waals surface area contributed by atoms with Crippen LogP contribution >= 0.6 is 15.9 Å². The van der Waals surface area contributed by atoms with Gasteiger partial charge in [-0.2, -0.15) is 0 Å². The molecule has 3 N–H and O–H groups in total. The maximum atomic E-state index is 12.4. The van der Waals surface area contributed by atoms with E-state index in [-0.39, 0.29) is 5.91 Å². The maximum Gasteiger partial charge on any atom is 0.257 e. The SMILES string of the molecule is Cc1cc(C)c(NC(=O)c2cccc(C)c2N)c(Br)c1. The van der Waals surface area contributed by atoms with E-state index in [2.05, 4.69) is 21.2 Å². The number of carbonyl (C=O) groups excluding carboxylic acids is 1. The summed E-state index contributed by atoms with van der Waals surface area (Å²) >= 11 is 3.49. The Labute approximate surface area is 127 Å². The average molecular weight is 333 g/mol. The predicted molar refractivity (Wildman–Crippen MR) is 87.2 cm³/mol. The first-order valence-corrected chi connectivity index (χ1v) is 7.12. The Bertz CT molecular complexity index is 657. The molecule has 0 spiro atoms. The number of para-hydroxylation sites is 1. The van der Waals surface area contributed by atoms with E-state index < -0.39 is 0 Å². The second kappa shape index (κ2) is 5.67. The average Bonchev–Trinajstić information content (AvgIpc) is 2.36. The second-order valence-electron chi connectivity index (χ2n) is 4.93. The number of benzene rings is 2. The number of nitrogens with two attached hydrogens (primary N) is 1. The Morgan fingerprint density at radius 2 is 1.85 bits per heavy atom. The van der Waals surface area contributed by atoms with Gasteiger partial charge in [-0.15, -0.1) is 0 Å². The Hall–Kier alpha value is -1.81. The molecule has 4 heteroatoms. The minimum absolute atomic E-state index is 0.196. The van der Waals surface area contributed by atoms with Crippen molar-refractivity contribution in [2.24, 2.45) is 0 Å². The number of nitrogen functional groups attached to an aromatic ring is 1. The molecule has 20 heavy (non-hydrogen) atoms. The molecule has 0 aliphatic carbocycles. The summed E-state index contributed by atoms with van der Waals surface area (Å²) in [7, 11) is 0. The number of rotatable bonds is 2. The van der Waals surface area contributed by atoms with Gasteiger partial charge < -0.3 is 11.1 Å². The van der Waals surface area contributed by atoms with Crippen LogP contribution < -0.4 is 11.1 Å². The van der Waals surface area contributed by atoms with E-state index in [0.717, 1.165) is 26.9 Å². The van der Waals surface area contributed by atoms with Crippen LogP contribution in [0.15, 0.2) is 34.8 Å². The Kier molecular flexibility index (Phi) is 4.14. The molecule has 0 saturated heterocycles. The van der Waals surface area contributed by atoms with E-state index in [1.54, 1.807) is 6.07 Å². The molecule has 0 saturated carbocycles. The zero-order valence-corrected chi connectivity index (χ0v) is 13.3. The number of amides is 1. The van der Waals surface area contributed by atoms with Crippen molar-refractivity contribution in [3.63, 3.8) is 0 Å². The number of halogens is 1. The third-order valence-corrected chi connectivity index (χ3v) is 3.86. The van der Waals surface area contributed by atoms with Crippen LogP contribution in [0.1, 0.15) is 27.0 Å². The fourth-order valence-corrected chi connectivity index (χ4v) is 2.91. The first-order chi connectivity index (χ1) is 9.40. The highest BCUT2D eigenvalue weighted by Crippen LogP contribution is 2.29. The van der Waals surface area contributed by atoms with Gasteiger partial charge in [-0.1, -0.05) is 18.2 Å². The highest BCUT2D eigenvalue weighted by atomic mass is 79.9. The number of carbonyl (C=O) groups is 1. The van der Waals surface area contributed by atoms with Crippen molar-refractivity contribution in [3.8, 4) is 0 Å². The first-order valence-electron chi connectivity index (χ1n) is 6.33. The fraction of sp³-hybridized carbons (Fsp3) is 0.188. The van der Waals surface area contributed by atoms with Crippen molar-refractivity contribution in [3.05, 3.63) is 57.1 Å². The number of anilines is 2. The number of hydrogen-bond donors (Lipinski definition) is 2. The monoisotopic (exact) mass is 332 g/mol. The van der Waals surface area contributed by atoms with Gasteiger partial charge in [0.25, 0.3) is 5.91 Å². The topological polar surface area (TPSA) is 55.1 Å². The Balaban J connectivity index is 2.36. The Morgan fingerprint density at radius 3 is 2.50 bits per heavy atom. The van der Waals surface area contributed by atoms with Gasteiger partial charge in [-0.3, -0.25) is 4.79 Å². The zero-order chi connectivity index (χ0) is 14.9. The van der Waals surface area contributed by atoms with Crippen LogP contribution in [0.2, 0.25) is 0 Å². The standard InChI is InChI=1S/C16H17BrN2O/c1-9-7-11(3)15(13(17)8-9)19-16(20)12-6-4-5-10(2)14(12)18/h4-8H,18H2,1-3H3,(H,19,20). The smallest absolute Gasteiger partial charge is 0.257 e. The fourth-order valence-electron chi connectivity index (χ4n) is 2.13. The quantitative estimate of drug-likeness (QED) is 0.809. The van der Waals surface area contributed by atoms with Gasteiger partial charge in [0, 0.05) is 10.2 Å². The summed E-state index contributed by atoms with van der Waals surface area (Å²) in [6.45, 7) is 5.87. The molecule has 3 nitrogen and oxygen atoms in total. The van der Waals surface area contributed by atoms with Crippen LogP contribution in [0, 0.1) is 20.8 Å². The summed E-state index contributed by atoms with van der Waals surface area (Å²) in [5.74, 6) is -0.196. The molecular formula is C16H17BrN2O. The molecule has 2 aromatic rings. The van der Waals surface area contributed by atoms with Crippen molar-refractivity contribution in [1.29, 1.82) is 0 Å². The lowest BCUT2D eigenvalue weighted by molar-refractivity contribution is 0.102. The summed E-state index contributed by atoms with van der Waals surface area (Å²) in [4.78, 5) is 12.4. The molecule has 0 heterocycles. The third-order valence-electron chi connectivity index (χ3n) is 3.24. The first kappa shape index (κ1) is 14.6. The molecule has 2 rings (SSSR count). The van der Waals surface area contributed by atoms with Crippen LogP contribution in [0.5, 0.6) is 0 Å². The van der Waals surface area contributed by atoms with Crippen molar-refractivity contribution in [2.75, 3.05) is 11.1 Å². The van der Waals surface area contributed by atoms with Crippen LogP contribution in [-0.2, 0) is 0 Å². The van der Waals surface area contributed by atoms with Crippen LogP contribution in [0.25, 0.3) is 0 Å². The molecule has 0 radical (unpaired) electrons. The van der Waals surface area contributed by atoms with E-state index in [0.29, 0.717) is 11.3 Å². The lowest BCUT2D eigenvalue weighted by atomic mass is 10.1. The van der Waals surface area contributed by atoms with Crippen molar-refractivity contribution in [2.45, 2.75) is 20.8 Å². The molecule has 0 atom stereocenters. The highest BCUT2D eigenvalue weighted by molar-refractivity contribution is 9.10. The lowest BCUT2D eigenvalue weighted by Gasteiger charge is -2.13. The number of aryl methyl sites for hydroxylation is 3. The minimum atomic E-state index is -0.196. The largest absolute Gasteiger partial charge is 0.398 e. The van der Waals surface area contributed by atoms with Gasteiger partial charge >= 0.3 is 0 Å². The summed E-state index contributed by atoms with van der Waals surface area (Å²) < 4.78 is 0.870. The van der Waals surface area contributed by atoms with Gasteiger partial charge in [0.1, 0.15) is 0 Å². The summed E-state index contributed by atoms with van der Waals surface area (Å²) in [6, 6.07) is 9.45. The molecular weight excluding hydrogens is 316 g/mol. The van der Waals surface area contributed by atoms with E-state index in [4.69, 9.17) is 5.73 Å². The molecule has 104 valence electrons. The Morgan fingerprint density at radius 1 is 1.15 bits per heavy atom. The highest BCUT2D eigenvalue weighted by Gasteiger charge is 2.14. The van der Waals surface area contributed by atoms with Crippen LogP contribution in [0.3, 0.4) is 0 Å². The third kappa shape index (κ3) is 2.85. The van der Waals surface area contributed by atoms with Gasteiger partial charge in [-0.25, -0.2) is 0 Å². The normalized spacial score (nSPS) is 10.4. The minimum Gasteiger partial charge on any atom is -0.398 e. The van der Waals surface area contributed by atoms with E-state index in [1.807, 2.05) is 45.0 Å². The molecule has 0 aromatic heterocycles. The molecule has 0 unspecified atom stereocenters.